The minimum absolute atomic E-state index is 0.0662. The van der Waals surface area contributed by atoms with E-state index in [1.54, 1.807) is 25.1 Å². The summed E-state index contributed by atoms with van der Waals surface area (Å²) < 4.78 is 66.3. The van der Waals surface area contributed by atoms with Gasteiger partial charge < -0.3 is 0 Å². The molecule has 0 aliphatic heterocycles. The van der Waals surface area contributed by atoms with E-state index in [1.807, 2.05) is 54.6 Å². The summed E-state index contributed by atoms with van der Waals surface area (Å²) in [7, 11) is -3.49. The van der Waals surface area contributed by atoms with Gasteiger partial charge in [-0.15, -0.1) is 0 Å². The van der Waals surface area contributed by atoms with Crippen LogP contribution in [0, 0.1) is 0 Å². The predicted molar refractivity (Wildman–Crippen MR) is 150 cm³/mol. The fourth-order valence-electron chi connectivity index (χ4n) is 4.73. The van der Waals surface area contributed by atoms with E-state index in [2.05, 4.69) is 4.98 Å². The minimum Gasteiger partial charge on any atom is -0.255 e. The Morgan fingerprint density at radius 2 is 1.51 bits per heavy atom. The van der Waals surface area contributed by atoms with Crippen LogP contribution in [-0.4, -0.2) is 19.2 Å². The Hall–Kier alpha value is -3.68. The van der Waals surface area contributed by atoms with Crippen LogP contribution in [0.25, 0.3) is 33.2 Å². The highest BCUT2D eigenvalue weighted by Crippen LogP contribution is 2.40. The highest BCUT2D eigenvalue weighted by molar-refractivity contribution is 7.91. The number of aromatic nitrogens is 1. The van der Waals surface area contributed by atoms with Crippen LogP contribution in [0.2, 0.25) is 5.02 Å². The zero-order valence-corrected chi connectivity index (χ0v) is 22.4. The second-order valence-corrected chi connectivity index (χ2v) is 11.8. The van der Waals surface area contributed by atoms with Crippen molar-refractivity contribution in [2.24, 2.45) is 0 Å². The van der Waals surface area contributed by atoms with Gasteiger partial charge in [-0.05, 0) is 64.1 Å². The van der Waals surface area contributed by atoms with Gasteiger partial charge >= 0.3 is 6.18 Å². The summed E-state index contributed by atoms with van der Waals surface area (Å²) in [6, 6.07) is 25.9. The molecule has 8 heteroatoms. The molecule has 0 bridgehead atoms. The third-order valence-corrected chi connectivity index (χ3v) is 8.86. The number of hydrogen-bond acceptors (Lipinski definition) is 3. The second-order valence-electron chi connectivity index (χ2n) is 9.15. The Labute approximate surface area is 229 Å². The normalized spacial score (nSPS) is 12.1. The lowest BCUT2D eigenvalue weighted by Gasteiger charge is -2.17. The molecule has 3 nitrogen and oxygen atoms in total. The molecule has 0 amide bonds. The molecule has 39 heavy (non-hydrogen) atoms. The summed E-state index contributed by atoms with van der Waals surface area (Å²) in [5, 5.41) is 0.520. The molecule has 1 aromatic heterocycles. The maximum absolute atomic E-state index is 13.9. The molecule has 4 aromatic carbocycles. The highest BCUT2D eigenvalue weighted by Gasteiger charge is 2.33. The van der Waals surface area contributed by atoms with Gasteiger partial charge in [0.05, 0.1) is 26.8 Å². The van der Waals surface area contributed by atoms with Crippen LogP contribution in [0.4, 0.5) is 13.2 Å². The van der Waals surface area contributed by atoms with E-state index in [4.69, 9.17) is 11.6 Å². The van der Waals surface area contributed by atoms with Gasteiger partial charge in [-0.25, -0.2) is 8.42 Å². The number of rotatable bonds is 6. The Kier molecular flexibility index (Phi) is 7.23. The zero-order valence-electron chi connectivity index (χ0n) is 20.8. The van der Waals surface area contributed by atoms with E-state index < -0.39 is 21.6 Å². The molecule has 0 spiro atoms. The van der Waals surface area contributed by atoms with Crippen LogP contribution in [-0.2, 0) is 22.4 Å². The quantitative estimate of drug-likeness (QED) is 0.207. The summed E-state index contributed by atoms with van der Waals surface area (Å²) in [4.78, 5) is 4.33. The van der Waals surface area contributed by atoms with Crippen molar-refractivity contribution in [3.63, 3.8) is 0 Å². The van der Waals surface area contributed by atoms with Crippen molar-refractivity contribution in [1.29, 1.82) is 0 Å². The van der Waals surface area contributed by atoms with Gasteiger partial charge in [-0.2, -0.15) is 13.2 Å². The van der Waals surface area contributed by atoms with Crippen molar-refractivity contribution in [2.45, 2.75) is 24.4 Å². The van der Waals surface area contributed by atoms with E-state index in [1.165, 1.54) is 18.3 Å². The topological polar surface area (TPSA) is 47.0 Å². The number of para-hydroxylation sites is 1. The molecule has 0 N–H and O–H groups in total. The number of alkyl halides is 3. The highest BCUT2D eigenvalue weighted by atomic mass is 35.5. The number of hydrogen-bond donors (Lipinski definition) is 0. The molecule has 0 atom stereocenters. The van der Waals surface area contributed by atoms with E-state index in [0.717, 1.165) is 22.8 Å². The molecule has 5 rings (SSSR count). The maximum Gasteiger partial charge on any atom is 0.418 e. The third kappa shape index (κ3) is 5.42. The summed E-state index contributed by atoms with van der Waals surface area (Å²) in [5.74, 6) is -0.0687. The number of sulfone groups is 1. The molecule has 198 valence electrons. The van der Waals surface area contributed by atoms with Crippen LogP contribution in [0.3, 0.4) is 0 Å². The lowest BCUT2D eigenvalue weighted by molar-refractivity contribution is -0.136. The number of pyridine rings is 1. The third-order valence-electron chi connectivity index (χ3n) is 6.65. The number of benzene rings is 4. The van der Waals surface area contributed by atoms with Crippen LogP contribution in [0.15, 0.2) is 102 Å². The number of nitrogens with zero attached hydrogens (tertiary/aromatic N) is 1. The monoisotopic (exact) mass is 565 g/mol. The first-order chi connectivity index (χ1) is 18.6. The van der Waals surface area contributed by atoms with Crippen molar-refractivity contribution in [3.05, 3.63) is 119 Å². The molecule has 0 unspecified atom stereocenters. The average Bonchev–Trinajstić information content (AvgIpc) is 2.92. The van der Waals surface area contributed by atoms with Gasteiger partial charge in [0.1, 0.15) is 0 Å². The van der Waals surface area contributed by atoms with E-state index in [-0.39, 0.29) is 21.2 Å². The molecule has 5 aromatic rings. The van der Waals surface area contributed by atoms with Crippen molar-refractivity contribution in [3.8, 4) is 22.3 Å². The van der Waals surface area contributed by atoms with Crippen LogP contribution >= 0.6 is 11.6 Å². The fourth-order valence-corrected chi connectivity index (χ4v) is 6.20. The molecular weight excluding hydrogens is 543 g/mol. The first-order valence-corrected chi connectivity index (χ1v) is 14.3. The minimum atomic E-state index is -4.55. The van der Waals surface area contributed by atoms with Gasteiger partial charge in [0.2, 0.25) is 0 Å². The molecule has 0 saturated carbocycles. The Bertz CT molecular complexity index is 1790. The van der Waals surface area contributed by atoms with Crippen molar-refractivity contribution < 1.29 is 21.6 Å². The number of halogens is 4. The molecule has 0 fully saturated rings. The summed E-state index contributed by atoms with van der Waals surface area (Å²) in [5.41, 5.74) is 3.70. The summed E-state index contributed by atoms with van der Waals surface area (Å²) in [6.07, 6.45) is -2.55. The van der Waals surface area contributed by atoms with Gasteiger partial charge in [-0.3, -0.25) is 4.98 Å². The average molecular weight is 566 g/mol. The summed E-state index contributed by atoms with van der Waals surface area (Å²) in [6.45, 7) is 1.55. The largest absolute Gasteiger partial charge is 0.418 e. The first kappa shape index (κ1) is 26.9. The van der Waals surface area contributed by atoms with Gasteiger partial charge in [-0.1, -0.05) is 85.3 Å². The smallest absolute Gasteiger partial charge is 0.255 e. The van der Waals surface area contributed by atoms with Crippen LogP contribution < -0.4 is 0 Å². The number of fused-ring (bicyclic) bond motifs is 1. The van der Waals surface area contributed by atoms with Crippen LogP contribution in [0.5, 0.6) is 0 Å². The lowest BCUT2D eigenvalue weighted by Crippen LogP contribution is -2.07. The molecular formula is C31H23ClF3NO2S. The van der Waals surface area contributed by atoms with E-state index >= 15 is 0 Å². The van der Waals surface area contributed by atoms with Gasteiger partial charge in [0.15, 0.2) is 9.84 Å². The standard InChI is InChI=1S/C31H23ClF3NO2S/c1-2-39(37,38)28-15-14-22(18-27(28)32)21-10-6-11-23(17-21)29-24(16-20-8-4-3-5-9-20)19-36-30-25(29)12-7-13-26(30)31(33,34)35/h3-15,17-19H,2,16H2,1H3. The van der Waals surface area contributed by atoms with E-state index in [0.29, 0.717) is 28.5 Å². The Morgan fingerprint density at radius 1 is 0.821 bits per heavy atom. The van der Waals surface area contributed by atoms with Crippen molar-refractivity contribution in [2.75, 3.05) is 5.75 Å². The Balaban J connectivity index is 1.70. The zero-order chi connectivity index (χ0) is 27.8. The fraction of sp³-hybridized carbons (Fsp3) is 0.129. The maximum atomic E-state index is 13.9. The molecule has 0 saturated heterocycles. The van der Waals surface area contributed by atoms with E-state index in [9.17, 15) is 21.6 Å². The summed E-state index contributed by atoms with van der Waals surface area (Å²) >= 11 is 6.36. The van der Waals surface area contributed by atoms with Gasteiger partial charge in [0.25, 0.3) is 0 Å². The predicted octanol–water partition coefficient (Wildman–Crippen LogP) is 8.63. The van der Waals surface area contributed by atoms with Crippen molar-refractivity contribution in [1.82, 2.24) is 4.98 Å². The molecule has 1 heterocycles. The lowest BCUT2D eigenvalue weighted by atomic mass is 9.90. The molecule has 0 aliphatic rings. The molecule has 0 aliphatic carbocycles. The first-order valence-electron chi connectivity index (χ1n) is 12.2. The van der Waals surface area contributed by atoms with Crippen molar-refractivity contribution >= 4 is 32.3 Å². The Morgan fingerprint density at radius 3 is 2.21 bits per heavy atom. The molecule has 0 radical (unpaired) electrons. The second kappa shape index (κ2) is 10.5. The van der Waals surface area contributed by atoms with Gasteiger partial charge in [0, 0.05) is 11.6 Å². The van der Waals surface area contributed by atoms with Crippen LogP contribution in [0.1, 0.15) is 23.6 Å². The SMILES string of the molecule is CCS(=O)(=O)c1ccc(-c2cccc(-c3c(Cc4ccccc4)cnc4c(C(F)(F)F)cccc34)c2)cc1Cl.